The van der Waals surface area contributed by atoms with Crippen molar-refractivity contribution in [3.8, 4) is 11.5 Å². The predicted octanol–water partition coefficient (Wildman–Crippen LogP) is 3.33. The number of benzene rings is 1. The summed E-state index contributed by atoms with van der Waals surface area (Å²) in [6.45, 7) is 18.5. The van der Waals surface area contributed by atoms with Gasteiger partial charge in [-0.2, -0.15) is 0 Å². The average molecular weight is 390 g/mol. The minimum Gasteiger partial charge on any atom is -0.490 e. The molecule has 0 radical (unpaired) electrons. The third-order valence-corrected chi connectivity index (χ3v) is 5.68. The molecule has 2 aliphatic rings. The highest BCUT2D eigenvalue weighted by atomic mass is 16.5. The van der Waals surface area contributed by atoms with Crippen molar-refractivity contribution < 1.29 is 9.47 Å². The van der Waals surface area contributed by atoms with Crippen molar-refractivity contribution in [2.45, 2.75) is 40.2 Å². The van der Waals surface area contributed by atoms with E-state index in [1.54, 1.807) is 0 Å². The molecule has 0 spiro atoms. The molecule has 0 saturated carbocycles. The van der Waals surface area contributed by atoms with Gasteiger partial charge in [-0.1, -0.05) is 19.9 Å². The molecule has 0 N–H and O–H groups in total. The minimum atomic E-state index is 0.510. The lowest BCUT2D eigenvalue weighted by atomic mass is 10.1. The second-order valence-corrected chi connectivity index (χ2v) is 8.59. The van der Waals surface area contributed by atoms with Crippen LogP contribution in [0.1, 0.15) is 39.2 Å². The van der Waals surface area contributed by atoms with Crippen molar-refractivity contribution >= 4 is 0 Å². The minimum absolute atomic E-state index is 0.510. The van der Waals surface area contributed by atoms with E-state index in [4.69, 9.17) is 9.47 Å². The topological polar surface area (TPSA) is 28.2 Å². The van der Waals surface area contributed by atoms with Crippen molar-refractivity contribution in [3.05, 3.63) is 23.8 Å². The maximum Gasteiger partial charge on any atom is 0.161 e. The fourth-order valence-corrected chi connectivity index (χ4v) is 4.01. The van der Waals surface area contributed by atoms with Crippen LogP contribution in [0.15, 0.2) is 18.2 Å². The Balaban J connectivity index is 1.46. The molecule has 0 amide bonds. The number of ether oxygens (including phenoxy) is 2. The first-order valence-electron chi connectivity index (χ1n) is 11.2. The SMILES string of the molecule is CCOc1cc(CN2CCN(CCN3CCCC3)CC2)ccc1OCC(C)C. The summed E-state index contributed by atoms with van der Waals surface area (Å²) in [5.41, 5.74) is 1.31. The summed E-state index contributed by atoms with van der Waals surface area (Å²) >= 11 is 0. The molecule has 158 valence electrons. The Hall–Kier alpha value is -1.30. The Labute approximate surface area is 171 Å². The molecule has 0 aliphatic carbocycles. The fourth-order valence-electron chi connectivity index (χ4n) is 4.01. The first-order chi connectivity index (χ1) is 13.6. The van der Waals surface area contributed by atoms with E-state index in [1.165, 1.54) is 57.7 Å². The third-order valence-electron chi connectivity index (χ3n) is 5.68. The van der Waals surface area contributed by atoms with Crippen LogP contribution in [0.2, 0.25) is 0 Å². The highest BCUT2D eigenvalue weighted by molar-refractivity contribution is 5.43. The van der Waals surface area contributed by atoms with Gasteiger partial charge in [0.05, 0.1) is 13.2 Å². The summed E-state index contributed by atoms with van der Waals surface area (Å²) in [5, 5.41) is 0. The summed E-state index contributed by atoms with van der Waals surface area (Å²) in [5.74, 6) is 2.26. The van der Waals surface area contributed by atoms with Gasteiger partial charge >= 0.3 is 0 Å². The summed E-state index contributed by atoms with van der Waals surface area (Å²) < 4.78 is 11.8. The lowest BCUT2D eigenvalue weighted by Crippen LogP contribution is -2.47. The summed E-state index contributed by atoms with van der Waals surface area (Å²) in [7, 11) is 0. The molecule has 2 saturated heterocycles. The molecule has 2 fully saturated rings. The maximum atomic E-state index is 5.93. The zero-order chi connectivity index (χ0) is 19.8. The molecule has 2 aliphatic heterocycles. The second kappa shape index (κ2) is 11.0. The van der Waals surface area contributed by atoms with Crippen molar-refractivity contribution in [2.24, 2.45) is 5.92 Å². The maximum absolute atomic E-state index is 5.93. The van der Waals surface area contributed by atoms with Crippen molar-refractivity contribution in [1.82, 2.24) is 14.7 Å². The van der Waals surface area contributed by atoms with E-state index in [0.29, 0.717) is 12.5 Å². The molecule has 2 heterocycles. The molecular weight excluding hydrogens is 350 g/mol. The van der Waals surface area contributed by atoms with Crippen LogP contribution in [0.4, 0.5) is 0 Å². The zero-order valence-electron chi connectivity index (χ0n) is 18.2. The molecule has 0 atom stereocenters. The van der Waals surface area contributed by atoms with E-state index in [0.717, 1.165) is 37.7 Å². The molecule has 1 aromatic carbocycles. The predicted molar refractivity (Wildman–Crippen MR) is 115 cm³/mol. The Bertz CT molecular complexity index is 579. The zero-order valence-corrected chi connectivity index (χ0v) is 18.2. The number of hydrogen-bond acceptors (Lipinski definition) is 5. The van der Waals surface area contributed by atoms with Crippen LogP contribution in [0, 0.1) is 5.92 Å². The van der Waals surface area contributed by atoms with Crippen LogP contribution < -0.4 is 9.47 Å². The van der Waals surface area contributed by atoms with E-state index in [-0.39, 0.29) is 0 Å². The second-order valence-electron chi connectivity index (χ2n) is 8.59. The standard InChI is InChI=1S/C23H39N3O2/c1-4-27-23-17-21(7-8-22(23)28-19-20(2)3)18-26-15-13-25(14-16-26)12-11-24-9-5-6-10-24/h7-8,17,20H,4-6,9-16,18-19H2,1-3H3. The molecule has 3 rings (SSSR count). The van der Waals surface area contributed by atoms with Gasteiger partial charge < -0.3 is 14.4 Å². The molecule has 0 aromatic heterocycles. The van der Waals surface area contributed by atoms with E-state index in [2.05, 4.69) is 46.7 Å². The van der Waals surface area contributed by atoms with Crippen LogP contribution >= 0.6 is 0 Å². The van der Waals surface area contributed by atoms with Crippen molar-refractivity contribution in [1.29, 1.82) is 0 Å². The number of nitrogens with zero attached hydrogens (tertiary/aromatic N) is 3. The first kappa shape index (κ1) is 21.4. The molecule has 5 heteroatoms. The van der Waals surface area contributed by atoms with Crippen LogP contribution in [-0.4, -0.2) is 80.3 Å². The quantitative estimate of drug-likeness (QED) is 0.612. The number of piperazine rings is 1. The first-order valence-corrected chi connectivity index (χ1v) is 11.2. The average Bonchev–Trinajstić information content (AvgIpc) is 3.21. The summed E-state index contributed by atoms with van der Waals surface area (Å²) in [4.78, 5) is 7.81. The molecule has 0 unspecified atom stereocenters. The number of rotatable bonds is 10. The monoisotopic (exact) mass is 389 g/mol. The number of hydrogen-bond donors (Lipinski definition) is 0. The molecule has 5 nitrogen and oxygen atoms in total. The van der Waals surface area contributed by atoms with E-state index in [9.17, 15) is 0 Å². The third kappa shape index (κ3) is 6.64. The van der Waals surface area contributed by atoms with Crippen LogP contribution in [0.25, 0.3) is 0 Å². The Morgan fingerprint density at radius 3 is 2.11 bits per heavy atom. The van der Waals surface area contributed by atoms with E-state index >= 15 is 0 Å². The number of likely N-dealkylation sites (tertiary alicyclic amines) is 1. The molecule has 1 aromatic rings. The van der Waals surface area contributed by atoms with Gasteiger partial charge in [0.15, 0.2) is 11.5 Å². The van der Waals surface area contributed by atoms with Gasteiger partial charge in [-0.15, -0.1) is 0 Å². The smallest absolute Gasteiger partial charge is 0.161 e. The molecule has 0 bridgehead atoms. The summed E-state index contributed by atoms with van der Waals surface area (Å²) in [6, 6.07) is 6.44. The van der Waals surface area contributed by atoms with Crippen molar-refractivity contribution in [2.75, 3.05) is 65.6 Å². The van der Waals surface area contributed by atoms with Gasteiger partial charge in [0.2, 0.25) is 0 Å². The summed E-state index contributed by atoms with van der Waals surface area (Å²) in [6.07, 6.45) is 2.78. The van der Waals surface area contributed by atoms with Crippen LogP contribution in [0.5, 0.6) is 11.5 Å². The molecular formula is C23H39N3O2. The Kier molecular flexibility index (Phi) is 8.44. The van der Waals surface area contributed by atoms with Gasteiger partial charge in [-0.05, 0) is 56.5 Å². The van der Waals surface area contributed by atoms with Gasteiger partial charge in [-0.3, -0.25) is 9.80 Å². The lowest BCUT2D eigenvalue weighted by molar-refractivity contribution is 0.117. The Morgan fingerprint density at radius 2 is 1.46 bits per heavy atom. The van der Waals surface area contributed by atoms with Gasteiger partial charge in [-0.25, -0.2) is 0 Å². The van der Waals surface area contributed by atoms with E-state index < -0.39 is 0 Å². The normalized spacial score (nSPS) is 19.4. The molecule has 28 heavy (non-hydrogen) atoms. The van der Waals surface area contributed by atoms with Crippen LogP contribution in [0.3, 0.4) is 0 Å². The fraction of sp³-hybridized carbons (Fsp3) is 0.739. The highest BCUT2D eigenvalue weighted by Crippen LogP contribution is 2.29. The van der Waals surface area contributed by atoms with Crippen molar-refractivity contribution in [3.63, 3.8) is 0 Å². The lowest BCUT2D eigenvalue weighted by Gasteiger charge is -2.35. The Morgan fingerprint density at radius 1 is 0.821 bits per heavy atom. The largest absolute Gasteiger partial charge is 0.490 e. The van der Waals surface area contributed by atoms with E-state index in [1.807, 2.05) is 6.92 Å². The van der Waals surface area contributed by atoms with Gasteiger partial charge in [0, 0.05) is 45.8 Å². The van der Waals surface area contributed by atoms with Gasteiger partial charge in [0.25, 0.3) is 0 Å². The van der Waals surface area contributed by atoms with Crippen LogP contribution in [-0.2, 0) is 6.54 Å². The highest BCUT2D eigenvalue weighted by Gasteiger charge is 2.19. The van der Waals surface area contributed by atoms with Gasteiger partial charge in [0.1, 0.15) is 0 Å².